The van der Waals surface area contributed by atoms with Gasteiger partial charge in [-0.25, -0.2) is 4.57 Å². The zero-order chi connectivity index (χ0) is 26.4. The van der Waals surface area contributed by atoms with Crippen LogP contribution in [-0.4, -0.2) is 87.3 Å². The molecule has 10 heteroatoms. The number of hydrogen-bond donors (Lipinski definition) is 2. The van der Waals surface area contributed by atoms with E-state index in [0.717, 1.165) is 12.8 Å². The Morgan fingerprint density at radius 3 is 1.94 bits per heavy atom. The van der Waals surface area contributed by atoms with E-state index >= 15 is 0 Å². The number of aliphatic carboxylic acids is 1. The number of ether oxygens (including phenoxy) is 2. The maximum atomic E-state index is 12.2. The molecule has 0 radical (unpaired) electrons. The highest BCUT2D eigenvalue weighted by Crippen LogP contribution is 2.43. The van der Waals surface area contributed by atoms with Gasteiger partial charge in [0.2, 0.25) is 0 Å². The lowest BCUT2D eigenvalue weighted by atomic mass is 10.1. The lowest BCUT2D eigenvalue weighted by Crippen LogP contribution is -2.37. The van der Waals surface area contributed by atoms with Gasteiger partial charge in [-0.05, 0) is 19.3 Å². The Bertz CT molecular complexity index is 556. The Balaban J connectivity index is 4.16. The number of unbranched alkanes of at least 4 members (excludes halogenated alkanes) is 10. The Labute approximate surface area is 213 Å². The molecule has 0 bridgehead atoms. The molecule has 0 aromatic heterocycles. The van der Waals surface area contributed by atoms with Crippen LogP contribution in [0.4, 0.5) is 0 Å². The summed E-state index contributed by atoms with van der Waals surface area (Å²) in [4.78, 5) is 20.6. The van der Waals surface area contributed by atoms with E-state index in [2.05, 4.69) is 6.92 Å². The number of likely N-dealkylation sites (N-methyl/N-ethyl adjacent to an activating group) is 1. The van der Waals surface area contributed by atoms with Gasteiger partial charge in [0, 0.05) is 19.6 Å². The third-order valence-corrected chi connectivity index (χ3v) is 6.51. The van der Waals surface area contributed by atoms with Gasteiger partial charge in [-0.2, -0.15) is 0 Å². The summed E-state index contributed by atoms with van der Waals surface area (Å²) in [6.07, 6.45) is 13.2. The molecule has 9 nitrogen and oxygen atoms in total. The summed E-state index contributed by atoms with van der Waals surface area (Å²) in [6.45, 7) is 3.96. The van der Waals surface area contributed by atoms with Crippen molar-refractivity contribution in [3.63, 3.8) is 0 Å². The van der Waals surface area contributed by atoms with Gasteiger partial charge in [0.25, 0.3) is 0 Å². The summed E-state index contributed by atoms with van der Waals surface area (Å²) >= 11 is 0. The summed E-state index contributed by atoms with van der Waals surface area (Å²) in [5.41, 5.74) is 0. The predicted molar refractivity (Wildman–Crippen MR) is 139 cm³/mol. The fraction of sp³-hybridized carbons (Fsp3) is 0.960. The molecule has 0 rings (SSSR count). The number of phosphoric ester groups is 1. The van der Waals surface area contributed by atoms with E-state index in [9.17, 15) is 14.3 Å². The normalized spacial score (nSPS) is 14.7. The van der Waals surface area contributed by atoms with Crippen LogP contribution in [0.5, 0.6) is 0 Å². The molecule has 0 saturated carbocycles. The molecular formula is C25H53NO8P+. The number of carboxylic acids is 1. The van der Waals surface area contributed by atoms with E-state index in [1.54, 1.807) is 0 Å². The minimum Gasteiger partial charge on any atom is -0.481 e. The predicted octanol–water partition coefficient (Wildman–Crippen LogP) is 5.40. The molecule has 0 fully saturated rings. The van der Waals surface area contributed by atoms with Gasteiger partial charge in [0.05, 0.1) is 34.4 Å². The van der Waals surface area contributed by atoms with Gasteiger partial charge in [-0.1, -0.05) is 64.7 Å². The van der Waals surface area contributed by atoms with Crippen LogP contribution in [0.2, 0.25) is 0 Å². The number of rotatable bonds is 26. The van der Waals surface area contributed by atoms with Crippen LogP contribution in [0.3, 0.4) is 0 Å². The van der Waals surface area contributed by atoms with Gasteiger partial charge >= 0.3 is 13.8 Å². The second kappa shape index (κ2) is 21.5. The van der Waals surface area contributed by atoms with Crippen molar-refractivity contribution in [2.24, 2.45) is 0 Å². The number of quaternary nitrogens is 1. The molecule has 0 aromatic carbocycles. The maximum absolute atomic E-state index is 12.2. The Kier molecular flexibility index (Phi) is 21.2. The quantitative estimate of drug-likeness (QED) is 0.0875. The molecule has 0 aliphatic rings. The summed E-state index contributed by atoms with van der Waals surface area (Å²) < 4.78 is 34.5. The topological polar surface area (TPSA) is 112 Å². The highest BCUT2D eigenvalue weighted by Gasteiger charge is 2.25. The molecule has 2 N–H and O–H groups in total. The number of carbonyl (C=O) groups is 1. The lowest BCUT2D eigenvalue weighted by molar-refractivity contribution is -0.870. The first-order valence-corrected chi connectivity index (χ1v) is 14.9. The van der Waals surface area contributed by atoms with E-state index in [0.29, 0.717) is 37.1 Å². The molecule has 0 aliphatic carbocycles. The smallest absolute Gasteiger partial charge is 0.472 e. The van der Waals surface area contributed by atoms with Crippen molar-refractivity contribution in [1.29, 1.82) is 0 Å². The Hall–Kier alpha value is -0.540. The van der Waals surface area contributed by atoms with Crippen LogP contribution >= 0.6 is 7.82 Å². The molecule has 0 heterocycles. The molecule has 0 aliphatic heterocycles. The van der Waals surface area contributed by atoms with Crippen molar-refractivity contribution in [2.45, 2.75) is 96.5 Å². The van der Waals surface area contributed by atoms with Crippen molar-refractivity contribution >= 4 is 13.8 Å². The Morgan fingerprint density at radius 2 is 1.37 bits per heavy atom. The monoisotopic (exact) mass is 526 g/mol. The first-order chi connectivity index (χ1) is 16.6. The van der Waals surface area contributed by atoms with Crippen LogP contribution in [0, 0.1) is 0 Å². The van der Waals surface area contributed by atoms with E-state index in [1.165, 1.54) is 51.4 Å². The third kappa shape index (κ3) is 26.3. The molecule has 0 saturated heterocycles. The molecule has 210 valence electrons. The second-order valence-corrected chi connectivity index (χ2v) is 11.7. The summed E-state index contributed by atoms with van der Waals surface area (Å²) in [6, 6.07) is 0. The first kappa shape index (κ1) is 34.5. The van der Waals surface area contributed by atoms with Gasteiger partial charge in [-0.3, -0.25) is 13.8 Å². The van der Waals surface area contributed by atoms with Gasteiger partial charge in [0.1, 0.15) is 19.3 Å². The summed E-state index contributed by atoms with van der Waals surface area (Å²) in [5, 5.41) is 8.74. The minimum atomic E-state index is -4.18. The zero-order valence-electron chi connectivity index (χ0n) is 22.8. The van der Waals surface area contributed by atoms with Crippen molar-refractivity contribution in [3.05, 3.63) is 0 Å². The molecule has 35 heavy (non-hydrogen) atoms. The highest BCUT2D eigenvalue weighted by atomic mass is 31.2. The molecule has 0 spiro atoms. The fourth-order valence-electron chi connectivity index (χ4n) is 3.32. The van der Waals surface area contributed by atoms with E-state index in [1.807, 2.05) is 21.1 Å². The van der Waals surface area contributed by atoms with E-state index in [4.69, 9.17) is 23.6 Å². The van der Waals surface area contributed by atoms with E-state index in [-0.39, 0.29) is 26.2 Å². The van der Waals surface area contributed by atoms with Gasteiger partial charge in [-0.15, -0.1) is 0 Å². The SMILES string of the molecule is CCCCCCCCCCCCOCC(COP(=O)(O)OCC[N+](C)(C)C)OCCCCC(=O)O. The minimum absolute atomic E-state index is 0.0890. The molecule has 2 atom stereocenters. The number of carboxylic acid groups (broad SMARTS) is 1. The van der Waals surface area contributed by atoms with Gasteiger partial charge < -0.3 is 24.0 Å². The van der Waals surface area contributed by atoms with Crippen LogP contribution in [0.15, 0.2) is 0 Å². The molecular weight excluding hydrogens is 473 g/mol. The van der Waals surface area contributed by atoms with Crippen LogP contribution in [0.25, 0.3) is 0 Å². The average molecular weight is 527 g/mol. The number of nitrogens with zero attached hydrogens (tertiary/aromatic N) is 1. The molecule has 2 unspecified atom stereocenters. The maximum Gasteiger partial charge on any atom is 0.472 e. The van der Waals surface area contributed by atoms with Crippen LogP contribution in [-0.2, 0) is 27.9 Å². The largest absolute Gasteiger partial charge is 0.481 e. The van der Waals surface area contributed by atoms with Gasteiger partial charge in [0.15, 0.2) is 0 Å². The van der Waals surface area contributed by atoms with Crippen LogP contribution in [0.1, 0.15) is 90.4 Å². The van der Waals surface area contributed by atoms with Crippen molar-refractivity contribution in [1.82, 2.24) is 0 Å². The van der Waals surface area contributed by atoms with Crippen molar-refractivity contribution < 1.29 is 42.4 Å². The average Bonchev–Trinajstić information content (AvgIpc) is 2.76. The zero-order valence-corrected chi connectivity index (χ0v) is 23.6. The Morgan fingerprint density at radius 1 is 0.800 bits per heavy atom. The highest BCUT2D eigenvalue weighted by molar-refractivity contribution is 7.47. The number of hydrogen-bond acceptors (Lipinski definition) is 6. The first-order valence-electron chi connectivity index (χ1n) is 13.4. The standard InChI is InChI=1S/C25H52NO8P/c1-5-6-7-8-9-10-11-12-13-15-19-31-22-24(32-20-16-14-17-25(27)28)23-34-35(29,30)33-21-18-26(2,3)4/h24H,5-23H2,1-4H3,(H-,27,28,29,30)/p+1. The summed E-state index contributed by atoms with van der Waals surface area (Å²) in [5.74, 6) is -0.836. The van der Waals surface area contributed by atoms with E-state index < -0.39 is 19.9 Å². The summed E-state index contributed by atoms with van der Waals surface area (Å²) in [7, 11) is 1.71. The fourth-order valence-corrected chi connectivity index (χ4v) is 4.07. The number of phosphoric acid groups is 1. The molecule has 0 aromatic rings. The third-order valence-electron chi connectivity index (χ3n) is 5.52. The van der Waals surface area contributed by atoms with Crippen molar-refractivity contribution in [2.75, 3.05) is 60.7 Å². The molecule has 0 amide bonds. The lowest BCUT2D eigenvalue weighted by Gasteiger charge is -2.24. The van der Waals surface area contributed by atoms with Crippen molar-refractivity contribution in [3.8, 4) is 0 Å². The second-order valence-electron chi connectivity index (χ2n) is 10.2. The van der Waals surface area contributed by atoms with Crippen LogP contribution < -0.4 is 0 Å².